The molecule has 1 spiro atoms. The lowest BCUT2D eigenvalue weighted by Crippen LogP contribution is -2.76. The van der Waals surface area contributed by atoms with Crippen LogP contribution in [0.4, 0.5) is 0 Å². The number of likely N-dealkylation sites (tertiary alicyclic amines) is 1. The molecule has 2 saturated carbocycles. The van der Waals surface area contributed by atoms with E-state index in [1.165, 1.54) is 24.0 Å². The maximum Gasteiger partial charge on any atom is 0.174 e. The van der Waals surface area contributed by atoms with Crippen molar-refractivity contribution in [1.29, 1.82) is 0 Å². The largest absolute Gasteiger partial charge is 0.481 e. The first-order valence-electron chi connectivity index (χ1n) is 9.83. The third kappa shape index (κ3) is 1.59. The molecule has 4 nitrogen and oxygen atoms in total. The van der Waals surface area contributed by atoms with Gasteiger partial charge in [-0.15, -0.1) is 0 Å². The topological polar surface area (TPSA) is 49.8 Å². The number of ketones is 1. The zero-order valence-electron chi connectivity index (χ0n) is 14.8. The van der Waals surface area contributed by atoms with Gasteiger partial charge in [0.2, 0.25) is 0 Å². The van der Waals surface area contributed by atoms with Gasteiger partial charge in [-0.25, -0.2) is 0 Å². The van der Waals surface area contributed by atoms with Crippen LogP contribution in [-0.4, -0.2) is 46.6 Å². The minimum absolute atomic E-state index is 0.127. The zero-order chi connectivity index (χ0) is 17.0. The van der Waals surface area contributed by atoms with E-state index < -0.39 is 17.1 Å². The van der Waals surface area contributed by atoms with Gasteiger partial charge >= 0.3 is 0 Å². The Morgan fingerprint density at radius 3 is 2.96 bits per heavy atom. The lowest BCUT2D eigenvalue weighted by atomic mass is 9.49. The molecule has 0 radical (unpaired) electrons. The molecule has 1 aromatic rings. The van der Waals surface area contributed by atoms with Crippen LogP contribution in [0.5, 0.6) is 5.75 Å². The second-order valence-electron chi connectivity index (χ2n) is 9.01. The molecule has 0 amide bonds. The van der Waals surface area contributed by atoms with Crippen LogP contribution in [0.25, 0.3) is 0 Å². The first kappa shape index (κ1) is 14.7. The van der Waals surface area contributed by atoms with Gasteiger partial charge in [0.15, 0.2) is 11.9 Å². The van der Waals surface area contributed by atoms with E-state index in [0.717, 1.165) is 43.2 Å². The SMILES string of the molecule is Cc1ccc2c3c1O[C@@H]1C(=O)CC[C@]4(O)C(C2)N(CC2CC2)CC[C@@]314. The fourth-order valence-corrected chi connectivity index (χ4v) is 6.41. The highest BCUT2D eigenvalue weighted by Crippen LogP contribution is 2.64. The molecule has 1 unspecified atom stereocenters. The van der Waals surface area contributed by atoms with Gasteiger partial charge in [-0.1, -0.05) is 12.1 Å². The second-order valence-corrected chi connectivity index (χ2v) is 9.01. The van der Waals surface area contributed by atoms with Gasteiger partial charge in [-0.2, -0.15) is 0 Å². The molecule has 2 bridgehead atoms. The molecule has 0 aromatic heterocycles. The fourth-order valence-electron chi connectivity index (χ4n) is 6.41. The summed E-state index contributed by atoms with van der Waals surface area (Å²) in [6.07, 6.45) is 4.94. The number of hydrogen-bond donors (Lipinski definition) is 1. The van der Waals surface area contributed by atoms with Gasteiger partial charge in [0.05, 0.1) is 11.0 Å². The molecular formula is C21H25NO3. The molecule has 4 heteroatoms. The van der Waals surface area contributed by atoms with Crippen LogP contribution < -0.4 is 4.74 Å². The molecule has 2 heterocycles. The standard InChI is InChI=1S/C21H25NO3/c1-12-2-5-14-10-16-21(24)7-6-15(23)19-20(21,17(14)18(12)25-19)8-9-22(16)11-13-3-4-13/h2,5,13,16,19,24H,3-4,6-11H2,1H3/t16?,19-,20-,21+/m1/s1. The summed E-state index contributed by atoms with van der Waals surface area (Å²) in [5, 5.41) is 12.1. The Bertz CT molecular complexity index is 801. The van der Waals surface area contributed by atoms with Crippen molar-refractivity contribution >= 4 is 5.78 Å². The van der Waals surface area contributed by atoms with E-state index in [4.69, 9.17) is 4.74 Å². The number of aryl methyl sites for hydroxylation is 1. The summed E-state index contributed by atoms with van der Waals surface area (Å²) in [6.45, 7) is 4.14. The average Bonchev–Trinajstić information content (AvgIpc) is 3.32. The van der Waals surface area contributed by atoms with Crippen LogP contribution in [0.1, 0.15) is 48.8 Å². The van der Waals surface area contributed by atoms with Crippen LogP contribution in [0, 0.1) is 12.8 Å². The molecule has 3 fully saturated rings. The van der Waals surface area contributed by atoms with E-state index in [9.17, 15) is 9.90 Å². The van der Waals surface area contributed by atoms with Crippen molar-refractivity contribution < 1.29 is 14.6 Å². The Kier molecular flexibility index (Phi) is 2.64. The smallest absolute Gasteiger partial charge is 0.174 e. The summed E-state index contributed by atoms with van der Waals surface area (Å²) in [6, 6.07) is 4.47. The Morgan fingerprint density at radius 2 is 2.16 bits per heavy atom. The normalized spacial score (nSPS) is 41.4. The minimum atomic E-state index is -0.829. The maximum absolute atomic E-state index is 12.8. The summed E-state index contributed by atoms with van der Waals surface area (Å²) in [5.74, 6) is 1.89. The van der Waals surface area contributed by atoms with Gasteiger partial charge < -0.3 is 9.84 Å². The van der Waals surface area contributed by atoms with E-state index in [1.54, 1.807) is 0 Å². The molecule has 132 valence electrons. The van der Waals surface area contributed by atoms with Crippen molar-refractivity contribution in [2.24, 2.45) is 5.92 Å². The third-order valence-corrected chi connectivity index (χ3v) is 7.78. The summed E-state index contributed by atoms with van der Waals surface area (Å²) >= 11 is 0. The second kappa shape index (κ2) is 4.47. The number of aliphatic hydroxyl groups is 1. The lowest BCUT2D eigenvalue weighted by Gasteiger charge is -2.62. The lowest BCUT2D eigenvalue weighted by molar-refractivity contribution is -0.188. The van der Waals surface area contributed by atoms with E-state index in [-0.39, 0.29) is 11.8 Å². The number of carbonyl (C=O) groups excluding carboxylic acids is 1. The molecule has 6 rings (SSSR count). The van der Waals surface area contributed by atoms with E-state index in [0.29, 0.717) is 12.8 Å². The van der Waals surface area contributed by atoms with Gasteiger partial charge in [-0.3, -0.25) is 9.69 Å². The molecule has 2 aliphatic heterocycles. The predicted molar refractivity (Wildman–Crippen MR) is 92.9 cm³/mol. The van der Waals surface area contributed by atoms with Crippen molar-refractivity contribution in [1.82, 2.24) is 4.90 Å². The Morgan fingerprint density at radius 1 is 1.32 bits per heavy atom. The number of rotatable bonds is 2. The van der Waals surface area contributed by atoms with Gasteiger partial charge in [0, 0.05) is 24.6 Å². The van der Waals surface area contributed by atoms with Crippen molar-refractivity contribution in [2.75, 3.05) is 13.1 Å². The summed E-state index contributed by atoms with van der Waals surface area (Å²) in [5.41, 5.74) is 2.23. The number of ether oxygens (including phenoxy) is 1. The Labute approximate surface area is 148 Å². The van der Waals surface area contributed by atoms with Crippen LogP contribution in [0.15, 0.2) is 12.1 Å². The zero-order valence-corrected chi connectivity index (χ0v) is 14.8. The number of hydrogen-bond acceptors (Lipinski definition) is 4. The monoisotopic (exact) mass is 339 g/mol. The first-order valence-corrected chi connectivity index (χ1v) is 9.83. The molecule has 1 N–H and O–H groups in total. The third-order valence-electron chi connectivity index (χ3n) is 7.78. The predicted octanol–water partition coefficient (Wildman–Crippen LogP) is 2.13. The number of nitrogens with zero attached hydrogens (tertiary/aromatic N) is 1. The van der Waals surface area contributed by atoms with Crippen molar-refractivity contribution in [3.05, 3.63) is 28.8 Å². The van der Waals surface area contributed by atoms with Gasteiger partial charge in [-0.05, 0) is 62.6 Å². The first-order chi connectivity index (χ1) is 12.0. The van der Waals surface area contributed by atoms with Gasteiger partial charge in [0.1, 0.15) is 5.75 Å². The highest BCUT2D eigenvalue weighted by molar-refractivity contribution is 5.89. The number of benzene rings is 1. The molecular weight excluding hydrogens is 314 g/mol. The number of Topliss-reactive ketones (excluding diaryl/α,β-unsaturated/α-hetero) is 1. The molecule has 1 aromatic carbocycles. The van der Waals surface area contributed by atoms with Crippen LogP contribution in [0.2, 0.25) is 0 Å². The molecule has 3 aliphatic carbocycles. The molecule has 1 saturated heterocycles. The van der Waals surface area contributed by atoms with Crippen LogP contribution in [-0.2, 0) is 16.6 Å². The summed E-state index contributed by atoms with van der Waals surface area (Å²) in [4.78, 5) is 15.3. The van der Waals surface area contributed by atoms with E-state index in [1.807, 2.05) is 0 Å². The van der Waals surface area contributed by atoms with E-state index in [2.05, 4.69) is 24.0 Å². The molecule has 4 atom stereocenters. The Balaban J connectivity index is 1.58. The average molecular weight is 339 g/mol. The van der Waals surface area contributed by atoms with Crippen LogP contribution in [0.3, 0.4) is 0 Å². The minimum Gasteiger partial charge on any atom is -0.481 e. The summed E-state index contributed by atoms with van der Waals surface area (Å²) in [7, 11) is 0. The maximum atomic E-state index is 12.8. The van der Waals surface area contributed by atoms with Crippen LogP contribution >= 0.6 is 0 Å². The summed E-state index contributed by atoms with van der Waals surface area (Å²) < 4.78 is 6.29. The molecule has 25 heavy (non-hydrogen) atoms. The van der Waals surface area contributed by atoms with E-state index >= 15 is 0 Å². The fraction of sp³-hybridized carbons (Fsp3) is 0.667. The Hall–Kier alpha value is -1.39. The highest BCUT2D eigenvalue weighted by Gasteiger charge is 2.72. The molecule has 5 aliphatic rings. The number of carbonyl (C=O) groups is 1. The van der Waals surface area contributed by atoms with Gasteiger partial charge in [0.25, 0.3) is 0 Å². The van der Waals surface area contributed by atoms with Crippen molar-refractivity contribution in [3.63, 3.8) is 0 Å². The van der Waals surface area contributed by atoms with Crippen molar-refractivity contribution in [2.45, 2.75) is 68.6 Å². The quantitative estimate of drug-likeness (QED) is 0.897. The highest BCUT2D eigenvalue weighted by atomic mass is 16.5. The number of piperidine rings is 1. The van der Waals surface area contributed by atoms with Crippen molar-refractivity contribution in [3.8, 4) is 5.75 Å².